The van der Waals surface area contributed by atoms with E-state index in [9.17, 15) is 9.18 Å². The molecule has 0 aliphatic rings. The number of benzene rings is 1. The Bertz CT molecular complexity index is 1240. The number of fused-ring (bicyclic) bond motifs is 1. The van der Waals surface area contributed by atoms with E-state index in [4.69, 9.17) is 4.74 Å². The Labute approximate surface area is 193 Å². The summed E-state index contributed by atoms with van der Waals surface area (Å²) in [6.07, 6.45) is 4.41. The number of thioether (sulfide) groups is 1. The average Bonchev–Trinajstić information content (AvgIpc) is 3.42. The molecule has 0 aliphatic heterocycles. The number of ether oxygens (including phenoxy) is 1. The molecule has 0 unspecified atom stereocenters. The highest BCUT2D eigenvalue weighted by atomic mass is 32.2. The molecule has 3 heterocycles. The zero-order valence-electron chi connectivity index (χ0n) is 17.7. The third-order valence-electron chi connectivity index (χ3n) is 4.92. The largest absolute Gasteiger partial charge is 0.483 e. The molecular weight excluding hydrogens is 449 g/mol. The lowest BCUT2D eigenvalue weighted by Gasteiger charge is -2.11. The summed E-state index contributed by atoms with van der Waals surface area (Å²) >= 11 is 2.84. The quantitative estimate of drug-likeness (QED) is 0.239. The fraction of sp³-hybridized carbons (Fsp3) is 0.364. The van der Waals surface area contributed by atoms with E-state index in [1.165, 1.54) is 29.2 Å². The number of nitrogens with zero attached hydrogens (tertiary/aromatic N) is 4. The molecule has 0 fully saturated rings. The molecule has 1 aromatic carbocycles. The van der Waals surface area contributed by atoms with Crippen LogP contribution < -0.4 is 10.3 Å². The van der Waals surface area contributed by atoms with Crippen LogP contribution in [0.5, 0.6) is 5.75 Å². The summed E-state index contributed by atoms with van der Waals surface area (Å²) in [6, 6.07) is 8.16. The highest BCUT2D eigenvalue weighted by molar-refractivity contribution is 7.98. The van der Waals surface area contributed by atoms with Gasteiger partial charge in [-0.2, -0.15) is 0 Å². The topological polar surface area (TPSA) is 85.7 Å². The summed E-state index contributed by atoms with van der Waals surface area (Å²) in [7, 11) is 0. The predicted octanol–water partition coefficient (Wildman–Crippen LogP) is 5.17. The summed E-state index contributed by atoms with van der Waals surface area (Å²) in [4.78, 5) is 19.6. The van der Waals surface area contributed by atoms with Crippen LogP contribution in [0.4, 0.5) is 4.39 Å². The van der Waals surface area contributed by atoms with Crippen LogP contribution in [0.2, 0.25) is 0 Å². The maximum atomic E-state index is 13.9. The van der Waals surface area contributed by atoms with Gasteiger partial charge < -0.3 is 14.3 Å². The average molecular weight is 474 g/mol. The van der Waals surface area contributed by atoms with Crippen LogP contribution in [0.15, 0.2) is 45.7 Å². The molecule has 4 rings (SSSR count). The van der Waals surface area contributed by atoms with Gasteiger partial charge in [0.25, 0.3) is 5.56 Å². The van der Waals surface area contributed by atoms with E-state index in [1.807, 2.05) is 16.0 Å². The molecule has 0 radical (unpaired) electrons. The fourth-order valence-corrected chi connectivity index (χ4v) is 4.86. The van der Waals surface area contributed by atoms with Gasteiger partial charge in [-0.3, -0.25) is 4.79 Å². The highest BCUT2D eigenvalue weighted by Gasteiger charge is 2.15. The summed E-state index contributed by atoms with van der Waals surface area (Å²) in [5.74, 6) is 1.48. The molecule has 0 aliphatic carbocycles. The first-order valence-electron chi connectivity index (χ1n) is 10.5. The number of hydrogen-bond donors (Lipinski definition) is 1. The molecule has 4 aromatic rings. The maximum absolute atomic E-state index is 13.9. The minimum atomic E-state index is -0.407. The van der Waals surface area contributed by atoms with Gasteiger partial charge in [-0.1, -0.05) is 50.1 Å². The van der Waals surface area contributed by atoms with Crippen LogP contribution in [-0.2, 0) is 18.9 Å². The zero-order valence-corrected chi connectivity index (χ0v) is 19.3. The van der Waals surface area contributed by atoms with Crippen LogP contribution in [0.25, 0.3) is 10.2 Å². The van der Waals surface area contributed by atoms with Crippen LogP contribution in [0.1, 0.15) is 44.3 Å². The first-order valence-corrected chi connectivity index (χ1v) is 12.4. The van der Waals surface area contributed by atoms with Crippen molar-refractivity contribution in [3.05, 3.63) is 63.5 Å². The van der Waals surface area contributed by atoms with Gasteiger partial charge in [-0.15, -0.1) is 21.5 Å². The molecule has 32 heavy (non-hydrogen) atoms. The van der Waals surface area contributed by atoms with Gasteiger partial charge in [0, 0.05) is 6.54 Å². The Kier molecular flexibility index (Phi) is 7.54. The smallest absolute Gasteiger partial charge is 0.268 e. The van der Waals surface area contributed by atoms with Gasteiger partial charge >= 0.3 is 0 Å². The Hall–Kier alpha value is -2.72. The molecular formula is C22H24FN5O2S2. The van der Waals surface area contributed by atoms with E-state index >= 15 is 0 Å². The van der Waals surface area contributed by atoms with Gasteiger partial charge in [0.2, 0.25) is 0 Å². The predicted molar refractivity (Wildman–Crippen MR) is 125 cm³/mol. The summed E-state index contributed by atoms with van der Waals surface area (Å²) < 4.78 is 22.2. The van der Waals surface area contributed by atoms with Crippen molar-refractivity contribution in [2.24, 2.45) is 0 Å². The van der Waals surface area contributed by atoms with Crippen molar-refractivity contribution in [1.29, 1.82) is 0 Å². The first-order chi connectivity index (χ1) is 15.7. The number of aromatic nitrogens is 5. The van der Waals surface area contributed by atoms with Gasteiger partial charge in [-0.05, 0) is 30.0 Å². The van der Waals surface area contributed by atoms with Gasteiger partial charge in [0.1, 0.15) is 17.1 Å². The maximum Gasteiger partial charge on any atom is 0.268 e. The van der Waals surface area contributed by atoms with Gasteiger partial charge in [0.05, 0.1) is 11.3 Å². The van der Waals surface area contributed by atoms with Crippen LogP contribution in [0, 0.1) is 5.82 Å². The molecule has 0 amide bonds. The van der Waals surface area contributed by atoms with E-state index in [1.54, 1.807) is 18.2 Å². The lowest BCUT2D eigenvalue weighted by atomic mass is 10.2. The highest BCUT2D eigenvalue weighted by Crippen LogP contribution is 2.24. The number of H-pyrrole nitrogens is 1. The molecule has 7 nitrogen and oxygen atoms in total. The molecule has 1 N–H and O–H groups in total. The van der Waals surface area contributed by atoms with Gasteiger partial charge in [0.15, 0.2) is 22.5 Å². The molecule has 0 saturated carbocycles. The van der Waals surface area contributed by atoms with E-state index in [0.29, 0.717) is 27.6 Å². The molecule has 0 atom stereocenters. The van der Waals surface area contributed by atoms with Crippen molar-refractivity contribution in [3.8, 4) is 5.75 Å². The van der Waals surface area contributed by atoms with Gasteiger partial charge in [-0.25, -0.2) is 9.37 Å². The van der Waals surface area contributed by atoms with Crippen molar-refractivity contribution in [2.45, 2.75) is 56.7 Å². The minimum Gasteiger partial charge on any atom is -0.483 e. The Morgan fingerprint density at radius 1 is 1.19 bits per heavy atom. The monoisotopic (exact) mass is 473 g/mol. The number of halogens is 1. The molecule has 10 heteroatoms. The fourth-order valence-electron chi connectivity index (χ4n) is 3.28. The second-order valence-corrected chi connectivity index (χ2v) is 9.13. The van der Waals surface area contributed by atoms with Crippen LogP contribution >= 0.6 is 23.1 Å². The summed E-state index contributed by atoms with van der Waals surface area (Å²) in [5, 5.41) is 11.2. The van der Waals surface area contributed by atoms with Crippen molar-refractivity contribution < 1.29 is 9.13 Å². The Morgan fingerprint density at radius 3 is 2.91 bits per heavy atom. The molecule has 168 valence electrons. The van der Waals surface area contributed by atoms with E-state index in [2.05, 4.69) is 27.1 Å². The van der Waals surface area contributed by atoms with E-state index in [-0.39, 0.29) is 17.9 Å². The number of para-hydroxylation sites is 1. The van der Waals surface area contributed by atoms with E-state index in [0.717, 1.165) is 37.4 Å². The van der Waals surface area contributed by atoms with Crippen molar-refractivity contribution in [1.82, 2.24) is 24.7 Å². The second-order valence-electron chi connectivity index (χ2n) is 7.27. The SMILES string of the molecule is CCCCCCn1c(COc2ccccc2F)nnc1SCc1nc2ccsc2c(=O)[nH]1. The Balaban J connectivity index is 1.49. The number of hydrogen-bond acceptors (Lipinski definition) is 7. The third-order valence-corrected chi connectivity index (χ3v) is 6.80. The zero-order chi connectivity index (χ0) is 22.3. The number of thiophene rings is 1. The molecule has 0 spiro atoms. The van der Waals surface area contributed by atoms with Crippen molar-refractivity contribution in [3.63, 3.8) is 0 Å². The first kappa shape index (κ1) is 22.5. The van der Waals surface area contributed by atoms with Crippen LogP contribution in [-0.4, -0.2) is 24.7 Å². The number of rotatable bonds is 11. The lowest BCUT2D eigenvalue weighted by molar-refractivity contribution is 0.273. The second kappa shape index (κ2) is 10.7. The number of aromatic amines is 1. The van der Waals surface area contributed by atoms with Crippen molar-refractivity contribution in [2.75, 3.05) is 0 Å². The Morgan fingerprint density at radius 2 is 2.06 bits per heavy atom. The lowest BCUT2D eigenvalue weighted by Crippen LogP contribution is -2.11. The van der Waals surface area contributed by atoms with Crippen molar-refractivity contribution >= 4 is 33.3 Å². The summed E-state index contributed by atoms with van der Waals surface area (Å²) in [6.45, 7) is 3.04. The third kappa shape index (κ3) is 5.36. The molecule has 3 aromatic heterocycles. The number of unbranched alkanes of at least 4 members (excludes halogenated alkanes) is 3. The normalized spacial score (nSPS) is 11.3. The minimum absolute atomic E-state index is 0.123. The number of nitrogens with one attached hydrogen (secondary N) is 1. The molecule has 0 saturated heterocycles. The van der Waals surface area contributed by atoms with E-state index < -0.39 is 5.82 Å². The van der Waals surface area contributed by atoms with Crippen LogP contribution in [0.3, 0.4) is 0 Å². The summed E-state index contributed by atoms with van der Waals surface area (Å²) in [5.41, 5.74) is 0.579. The standard InChI is InChI=1S/C22H24FN5O2S2/c1-2-3-4-7-11-28-19(13-30-17-9-6-5-8-15(17)23)26-27-22(28)32-14-18-24-16-10-12-31-20(16)21(29)25-18/h5-6,8-10,12H,2-4,7,11,13-14H2,1H3,(H,24,25,29). The molecule has 0 bridgehead atoms.